The fraction of sp³-hybridized carbons (Fsp3) is 0.167. The third-order valence-corrected chi connectivity index (χ3v) is 4.08. The summed E-state index contributed by atoms with van der Waals surface area (Å²) in [6, 6.07) is 12.3. The van der Waals surface area contributed by atoms with Crippen molar-refractivity contribution in [3.05, 3.63) is 80.3 Å². The Morgan fingerprint density at radius 1 is 1.19 bits per heavy atom. The number of H-pyrrole nitrogens is 1. The Morgan fingerprint density at radius 3 is 2.52 bits per heavy atom. The van der Waals surface area contributed by atoms with E-state index in [1.165, 1.54) is 24.3 Å². The summed E-state index contributed by atoms with van der Waals surface area (Å²) < 4.78 is 0. The molecule has 0 bridgehead atoms. The highest BCUT2D eigenvalue weighted by Gasteiger charge is 2.14. The maximum atomic E-state index is 12.2. The number of nitrogens with one attached hydrogen (secondary N) is 2. The predicted molar refractivity (Wildman–Crippen MR) is 97.1 cm³/mol. The van der Waals surface area contributed by atoms with Gasteiger partial charge in [-0.05, 0) is 23.8 Å². The number of aromatic nitrogens is 2. The van der Waals surface area contributed by atoms with Gasteiger partial charge in [-0.3, -0.25) is 19.7 Å². The van der Waals surface area contributed by atoms with Gasteiger partial charge in [0.1, 0.15) is 0 Å². The zero-order chi connectivity index (χ0) is 19.4. The van der Waals surface area contributed by atoms with Crippen molar-refractivity contribution in [3.63, 3.8) is 0 Å². The van der Waals surface area contributed by atoms with Crippen molar-refractivity contribution in [1.29, 1.82) is 0 Å². The number of non-ortho nitro benzene ring substituents is 1. The quantitative estimate of drug-likeness (QED) is 0.442. The Labute approximate surface area is 152 Å². The zero-order valence-electron chi connectivity index (χ0n) is 14.1. The van der Waals surface area contributed by atoms with Gasteiger partial charge in [0.2, 0.25) is 5.91 Å². The molecule has 2 aromatic carbocycles. The maximum Gasteiger partial charge on any atom is 0.272 e. The van der Waals surface area contributed by atoms with Crippen molar-refractivity contribution in [3.8, 4) is 0 Å². The van der Waals surface area contributed by atoms with E-state index in [1.807, 2.05) is 0 Å². The van der Waals surface area contributed by atoms with Gasteiger partial charge in [0.15, 0.2) is 0 Å². The molecule has 0 aliphatic rings. The molecule has 3 N–H and O–H groups in total. The third kappa shape index (κ3) is 4.15. The molecule has 0 radical (unpaired) electrons. The summed E-state index contributed by atoms with van der Waals surface area (Å²) in [5.41, 5.74) is 0.468. The van der Waals surface area contributed by atoms with E-state index < -0.39 is 11.0 Å². The van der Waals surface area contributed by atoms with Crippen molar-refractivity contribution < 1.29 is 14.8 Å². The molecule has 138 valence electrons. The Bertz CT molecular complexity index is 1050. The van der Waals surface area contributed by atoms with E-state index in [2.05, 4.69) is 15.5 Å². The summed E-state index contributed by atoms with van der Waals surface area (Å²) in [7, 11) is 0. The number of benzene rings is 2. The Morgan fingerprint density at radius 2 is 1.85 bits per heavy atom. The van der Waals surface area contributed by atoms with E-state index in [9.17, 15) is 24.8 Å². The van der Waals surface area contributed by atoms with Crippen LogP contribution in [0.3, 0.4) is 0 Å². The fourth-order valence-corrected chi connectivity index (χ4v) is 2.67. The molecule has 1 amide bonds. The average Bonchev–Trinajstić information content (AvgIpc) is 2.68. The molecule has 0 aliphatic heterocycles. The van der Waals surface area contributed by atoms with Crippen molar-refractivity contribution in [2.24, 2.45) is 0 Å². The molecule has 27 heavy (non-hydrogen) atoms. The number of nitro benzene ring substituents is 1. The predicted octanol–water partition coefficient (Wildman–Crippen LogP) is 1.22. The van der Waals surface area contributed by atoms with E-state index in [-0.39, 0.29) is 30.1 Å². The number of aromatic amines is 1. The van der Waals surface area contributed by atoms with E-state index in [4.69, 9.17) is 0 Å². The van der Waals surface area contributed by atoms with Crippen molar-refractivity contribution >= 4 is 22.4 Å². The minimum Gasteiger partial charge on any atom is -0.387 e. The van der Waals surface area contributed by atoms with Crippen LogP contribution in [-0.2, 0) is 11.2 Å². The zero-order valence-corrected chi connectivity index (χ0v) is 14.1. The highest BCUT2D eigenvalue weighted by molar-refractivity contribution is 5.88. The van der Waals surface area contributed by atoms with E-state index >= 15 is 0 Å². The van der Waals surface area contributed by atoms with Crippen LogP contribution >= 0.6 is 0 Å². The van der Waals surface area contributed by atoms with Gasteiger partial charge in [-0.1, -0.05) is 18.2 Å². The lowest BCUT2D eigenvalue weighted by Crippen LogP contribution is -2.30. The van der Waals surface area contributed by atoms with Crippen LogP contribution in [0.5, 0.6) is 0 Å². The van der Waals surface area contributed by atoms with Gasteiger partial charge < -0.3 is 10.4 Å². The molecule has 3 aromatic rings. The SMILES string of the molecule is O=C(Cc1n[nH]c(=O)c2ccccc12)NCC(O)c1ccc([N+](=O)[O-])cc1. The lowest BCUT2D eigenvalue weighted by atomic mass is 10.1. The number of carbonyl (C=O) groups excluding carboxylic acids is 1. The molecule has 9 nitrogen and oxygen atoms in total. The molecular weight excluding hydrogens is 352 g/mol. The lowest BCUT2D eigenvalue weighted by Gasteiger charge is -2.12. The molecule has 0 saturated heterocycles. The highest BCUT2D eigenvalue weighted by Crippen LogP contribution is 2.17. The minimum absolute atomic E-state index is 0.0576. The van der Waals surface area contributed by atoms with Crippen LogP contribution in [-0.4, -0.2) is 32.7 Å². The number of hydrogen-bond donors (Lipinski definition) is 3. The van der Waals surface area contributed by atoms with Crippen LogP contribution in [0.1, 0.15) is 17.4 Å². The topological polar surface area (TPSA) is 138 Å². The minimum atomic E-state index is -1.00. The summed E-state index contributed by atoms with van der Waals surface area (Å²) in [5.74, 6) is -0.374. The van der Waals surface area contributed by atoms with Gasteiger partial charge in [-0.25, -0.2) is 5.10 Å². The molecule has 9 heteroatoms. The summed E-state index contributed by atoms with van der Waals surface area (Å²) in [4.78, 5) is 34.1. The van der Waals surface area contributed by atoms with Crippen LogP contribution in [0, 0.1) is 10.1 Å². The largest absolute Gasteiger partial charge is 0.387 e. The lowest BCUT2D eigenvalue weighted by molar-refractivity contribution is -0.384. The van der Waals surface area contributed by atoms with Gasteiger partial charge in [0, 0.05) is 24.1 Å². The second-order valence-corrected chi connectivity index (χ2v) is 5.89. The number of amides is 1. The van der Waals surface area contributed by atoms with Gasteiger partial charge in [-0.15, -0.1) is 0 Å². The summed E-state index contributed by atoms with van der Waals surface area (Å²) in [6.07, 6.45) is -1.07. The Balaban J connectivity index is 1.64. The summed E-state index contributed by atoms with van der Waals surface area (Å²) in [6.45, 7) is -0.0576. The second kappa shape index (κ2) is 7.75. The molecular formula is C18H16N4O5. The molecule has 3 rings (SSSR count). The number of aliphatic hydroxyl groups excluding tert-OH is 1. The molecule has 0 fully saturated rings. The standard InChI is InChI=1S/C18H16N4O5/c23-16(11-5-7-12(8-6-11)22(26)27)10-19-17(24)9-15-13-3-1-2-4-14(13)18(25)21-20-15/h1-8,16,23H,9-10H2,(H,19,24)(H,21,25). The second-order valence-electron chi connectivity index (χ2n) is 5.89. The van der Waals surface area contributed by atoms with Crippen LogP contribution in [0.2, 0.25) is 0 Å². The first-order chi connectivity index (χ1) is 13.0. The number of carbonyl (C=O) groups is 1. The maximum absolute atomic E-state index is 12.2. The van der Waals surface area contributed by atoms with E-state index in [0.717, 1.165) is 0 Å². The molecule has 1 atom stereocenters. The van der Waals surface area contributed by atoms with Crippen molar-refractivity contribution in [1.82, 2.24) is 15.5 Å². The first-order valence-corrected chi connectivity index (χ1v) is 8.11. The molecule has 1 heterocycles. The number of nitrogens with zero attached hydrogens (tertiary/aromatic N) is 2. The molecule has 0 spiro atoms. The summed E-state index contributed by atoms with van der Waals surface area (Å²) in [5, 5.41) is 30.7. The molecule has 0 saturated carbocycles. The average molecular weight is 368 g/mol. The van der Waals surface area contributed by atoms with E-state index in [1.54, 1.807) is 24.3 Å². The van der Waals surface area contributed by atoms with Gasteiger partial charge in [0.05, 0.1) is 28.5 Å². The van der Waals surface area contributed by atoms with Crippen LogP contribution in [0.15, 0.2) is 53.3 Å². The van der Waals surface area contributed by atoms with Gasteiger partial charge in [0.25, 0.3) is 11.2 Å². The molecule has 1 aromatic heterocycles. The van der Waals surface area contributed by atoms with Crippen LogP contribution in [0.25, 0.3) is 10.8 Å². The first kappa shape index (κ1) is 18.2. The van der Waals surface area contributed by atoms with Gasteiger partial charge >= 0.3 is 0 Å². The Hall–Kier alpha value is -3.59. The van der Waals surface area contributed by atoms with Crippen molar-refractivity contribution in [2.45, 2.75) is 12.5 Å². The van der Waals surface area contributed by atoms with Gasteiger partial charge in [-0.2, -0.15) is 5.10 Å². The number of fused-ring (bicyclic) bond motifs is 1. The number of hydrogen-bond acceptors (Lipinski definition) is 6. The van der Waals surface area contributed by atoms with Crippen LogP contribution < -0.4 is 10.9 Å². The first-order valence-electron chi connectivity index (χ1n) is 8.11. The molecule has 0 aliphatic carbocycles. The number of nitro groups is 1. The van der Waals surface area contributed by atoms with Crippen molar-refractivity contribution in [2.75, 3.05) is 6.54 Å². The van der Waals surface area contributed by atoms with Crippen LogP contribution in [0.4, 0.5) is 5.69 Å². The number of rotatable bonds is 6. The monoisotopic (exact) mass is 368 g/mol. The third-order valence-electron chi connectivity index (χ3n) is 4.08. The smallest absolute Gasteiger partial charge is 0.272 e. The summed E-state index contributed by atoms with van der Waals surface area (Å²) >= 11 is 0. The highest BCUT2D eigenvalue weighted by atomic mass is 16.6. The fourth-order valence-electron chi connectivity index (χ4n) is 2.67. The number of aliphatic hydroxyl groups is 1. The Kier molecular flexibility index (Phi) is 5.23. The normalized spacial score (nSPS) is 11.9. The van der Waals surface area contributed by atoms with E-state index in [0.29, 0.717) is 22.0 Å². The molecule has 1 unspecified atom stereocenters.